The SMILES string of the molecule is Cc1nccc(-c2cccc(-c3noc(CN4C[C@H]5CCCC[C@@H]5C4)n3)c2)n1. The molecule has 5 rings (SSSR count). The molecule has 1 aliphatic heterocycles. The van der Waals surface area contributed by atoms with E-state index in [9.17, 15) is 0 Å². The molecule has 6 nitrogen and oxygen atoms in total. The Labute approximate surface area is 165 Å². The molecule has 28 heavy (non-hydrogen) atoms. The number of aryl methyl sites for hydroxylation is 1. The summed E-state index contributed by atoms with van der Waals surface area (Å²) in [5.41, 5.74) is 2.87. The standard InChI is InChI=1S/C22H25N5O/c1-15-23-10-9-20(24-15)16-7-4-8-17(11-16)22-25-21(28-26-22)14-27-12-18-5-2-3-6-19(18)13-27/h4,7-11,18-19H,2-3,5-6,12-14H2,1H3/t18-,19-/m1/s1. The maximum absolute atomic E-state index is 5.57. The molecule has 1 saturated carbocycles. The van der Waals surface area contributed by atoms with Crippen molar-refractivity contribution >= 4 is 0 Å². The average molecular weight is 375 g/mol. The first-order valence-corrected chi connectivity index (χ1v) is 10.2. The summed E-state index contributed by atoms with van der Waals surface area (Å²) in [6.07, 6.45) is 7.32. The fourth-order valence-corrected chi connectivity index (χ4v) is 4.69. The second-order valence-electron chi connectivity index (χ2n) is 8.08. The van der Waals surface area contributed by atoms with Crippen LogP contribution in [0.25, 0.3) is 22.6 Å². The van der Waals surface area contributed by atoms with Crippen molar-refractivity contribution in [1.82, 2.24) is 25.0 Å². The van der Waals surface area contributed by atoms with Gasteiger partial charge in [0.05, 0.1) is 12.2 Å². The van der Waals surface area contributed by atoms with E-state index >= 15 is 0 Å². The van der Waals surface area contributed by atoms with Gasteiger partial charge < -0.3 is 4.52 Å². The monoisotopic (exact) mass is 375 g/mol. The number of benzene rings is 1. The first-order chi connectivity index (χ1) is 13.7. The van der Waals surface area contributed by atoms with Gasteiger partial charge in [-0.25, -0.2) is 9.97 Å². The normalized spacial score (nSPS) is 22.3. The lowest BCUT2D eigenvalue weighted by molar-refractivity contribution is 0.258. The predicted octanol–water partition coefficient (Wildman–Crippen LogP) is 4.12. The minimum atomic E-state index is 0.638. The molecule has 1 aromatic carbocycles. The number of hydrogen-bond donors (Lipinski definition) is 0. The lowest BCUT2D eigenvalue weighted by atomic mass is 9.82. The molecular formula is C22H25N5O. The van der Waals surface area contributed by atoms with E-state index in [1.54, 1.807) is 6.20 Å². The molecule has 2 aliphatic rings. The zero-order valence-electron chi connectivity index (χ0n) is 16.2. The molecular weight excluding hydrogens is 350 g/mol. The fourth-order valence-electron chi connectivity index (χ4n) is 4.69. The summed E-state index contributed by atoms with van der Waals surface area (Å²) >= 11 is 0. The van der Waals surface area contributed by atoms with Crippen LogP contribution in [0.2, 0.25) is 0 Å². The van der Waals surface area contributed by atoms with Crippen LogP contribution in [-0.2, 0) is 6.54 Å². The van der Waals surface area contributed by atoms with Crippen LogP contribution in [0.5, 0.6) is 0 Å². The van der Waals surface area contributed by atoms with Gasteiger partial charge in [-0.3, -0.25) is 4.90 Å². The molecule has 0 spiro atoms. The lowest BCUT2D eigenvalue weighted by Crippen LogP contribution is -2.20. The Morgan fingerprint density at radius 1 is 1.04 bits per heavy atom. The Kier molecular flexibility index (Phi) is 4.64. The molecule has 2 fully saturated rings. The predicted molar refractivity (Wildman–Crippen MR) is 106 cm³/mol. The molecule has 2 aromatic heterocycles. The summed E-state index contributed by atoms with van der Waals surface area (Å²) in [7, 11) is 0. The van der Waals surface area contributed by atoms with Crippen molar-refractivity contribution in [1.29, 1.82) is 0 Å². The van der Waals surface area contributed by atoms with Crippen LogP contribution < -0.4 is 0 Å². The highest BCUT2D eigenvalue weighted by Gasteiger charge is 2.34. The molecule has 0 unspecified atom stereocenters. The lowest BCUT2D eigenvalue weighted by Gasteiger charge is -2.23. The zero-order valence-corrected chi connectivity index (χ0v) is 16.2. The van der Waals surface area contributed by atoms with Crippen molar-refractivity contribution in [3.8, 4) is 22.6 Å². The first kappa shape index (κ1) is 17.5. The Hall–Kier alpha value is -2.60. The highest BCUT2D eigenvalue weighted by Crippen LogP contribution is 2.36. The number of aromatic nitrogens is 4. The molecule has 3 aromatic rings. The van der Waals surface area contributed by atoms with Crippen molar-refractivity contribution in [2.75, 3.05) is 13.1 Å². The van der Waals surface area contributed by atoms with Crippen LogP contribution >= 0.6 is 0 Å². The number of hydrogen-bond acceptors (Lipinski definition) is 6. The largest absolute Gasteiger partial charge is 0.338 e. The van der Waals surface area contributed by atoms with Crippen LogP contribution in [0, 0.1) is 18.8 Å². The van der Waals surface area contributed by atoms with Gasteiger partial charge in [-0.15, -0.1) is 0 Å². The summed E-state index contributed by atoms with van der Waals surface area (Å²) in [6, 6.07) is 10.0. The van der Waals surface area contributed by atoms with Gasteiger partial charge in [0.25, 0.3) is 0 Å². The van der Waals surface area contributed by atoms with E-state index in [0.717, 1.165) is 41.0 Å². The Bertz CT molecular complexity index is 955. The molecule has 144 valence electrons. The highest BCUT2D eigenvalue weighted by molar-refractivity contribution is 5.67. The molecule has 0 amide bonds. The summed E-state index contributed by atoms with van der Waals surface area (Å²) in [5.74, 6) is 3.83. The molecule has 6 heteroatoms. The molecule has 3 heterocycles. The van der Waals surface area contributed by atoms with E-state index < -0.39 is 0 Å². The van der Waals surface area contributed by atoms with Gasteiger partial charge in [0.1, 0.15) is 5.82 Å². The average Bonchev–Trinajstić information content (AvgIpc) is 3.35. The van der Waals surface area contributed by atoms with Gasteiger partial charge >= 0.3 is 0 Å². The smallest absolute Gasteiger partial charge is 0.241 e. The quantitative estimate of drug-likeness (QED) is 0.683. The van der Waals surface area contributed by atoms with Crippen LogP contribution in [0.15, 0.2) is 41.1 Å². The van der Waals surface area contributed by atoms with Gasteiger partial charge in [0.2, 0.25) is 11.7 Å². The van der Waals surface area contributed by atoms with Crippen LogP contribution in [-0.4, -0.2) is 38.1 Å². The van der Waals surface area contributed by atoms with Crippen molar-refractivity contribution in [3.63, 3.8) is 0 Å². The minimum Gasteiger partial charge on any atom is -0.338 e. The summed E-state index contributed by atoms with van der Waals surface area (Å²) in [6.45, 7) is 4.99. The van der Waals surface area contributed by atoms with Crippen LogP contribution in [0.4, 0.5) is 0 Å². The van der Waals surface area contributed by atoms with Crippen LogP contribution in [0.3, 0.4) is 0 Å². The van der Waals surface area contributed by atoms with Gasteiger partial charge in [-0.2, -0.15) is 4.98 Å². The Morgan fingerprint density at radius 2 is 1.82 bits per heavy atom. The van der Waals surface area contributed by atoms with E-state index in [1.807, 2.05) is 31.2 Å². The van der Waals surface area contributed by atoms with Gasteiger partial charge in [0.15, 0.2) is 0 Å². The van der Waals surface area contributed by atoms with Gasteiger partial charge in [-0.1, -0.05) is 36.2 Å². The van der Waals surface area contributed by atoms with E-state index in [0.29, 0.717) is 11.7 Å². The molecule has 0 bridgehead atoms. The summed E-state index contributed by atoms with van der Waals surface area (Å²) in [5, 5.41) is 4.23. The number of likely N-dealkylation sites (tertiary alicyclic amines) is 1. The van der Waals surface area contributed by atoms with Crippen molar-refractivity contribution in [2.24, 2.45) is 11.8 Å². The Balaban J connectivity index is 1.32. The van der Waals surface area contributed by atoms with E-state index in [1.165, 1.54) is 38.8 Å². The van der Waals surface area contributed by atoms with E-state index in [2.05, 4.69) is 31.1 Å². The van der Waals surface area contributed by atoms with Gasteiger partial charge in [-0.05, 0) is 43.7 Å². The van der Waals surface area contributed by atoms with E-state index in [-0.39, 0.29) is 0 Å². The maximum Gasteiger partial charge on any atom is 0.241 e. The highest BCUT2D eigenvalue weighted by atomic mass is 16.5. The third-order valence-electron chi connectivity index (χ3n) is 6.07. The topological polar surface area (TPSA) is 67.9 Å². The maximum atomic E-state index is 5.57. The summed E-state index contributed by atoms with van der Waals surface area (Å²) < 4.78 is 5.57. The second-order valence-corrected chi connectivity index (χ2v) is 8.08. The molecule has 1 aliphatic carbocycles. The Morgan fingerprint density at radius 3 is 2.61 bits per heavy atom. The fraction of sp³-hybridized carbons (Fsp3) is 0.455. The number of rotatable bonds is 4. The third-order valence-corrected chi connectivity index (χ3v) is 6.07. The van der Waals surface area contributed by atoms with Crippen LogP contribution in [0.1, 0.15) is 37.4 Å². The van der Waals surface area contributed by atoms with E-state index in [4.69, 9.17) is 4.52 Å². The van der Waals surface area contributed by atoms with Gasteiger partial charge in [0, 0.05) is 30.4 Å². The second kappa shape index (κ2) is 7.43. The number of fused-ring (bicyclic) bond motifs is 1. The number of nitrogens with zero attached hydrogens (tertiary/aromatic N) is 5. The molecule has 0 radical (unpaired) electrons. The third kappa shape index (κ3) is 3.56. The van der Waals surface area contributed by atoms with Crippen molar-refractivity contribution < 1.29 is 4.52 Å². The first-order valence-electron chi connectivity index (χ1n) is 10.2. The minimum absolute atomic E-state index is 0.638. The summed E-state index contributed by atoms with van der Waals surface area (Å²) in [4.78, 5) is 15.8. The van der Waals surface area contributed by atoms with Crippen molar-refractivity contribution in [2.45, 2.75) is 39.2 Å². The molecule has 2 atom stereocenters. The molecule has 0 N–H and O–H groups in total. The molecule has 1 saturated heterocycles. The zero-order chi connectivity index (χ0) is 18.9. The van der Waals surface area contributed by atoms with Crippen molar-refractivity contribution in [3.05, 3.63) is 48.2 Å².